The van der Waals surface area contributed by atoms with Gasteiger partial charge in [-0.05, 0) is 35.4 Å². The first-order valence-electron chi connectivity index (χ1n) is 8.99. The van der Waals surface area contributed by atoms with E-state index in [4.69, 9.17) is 19.3 Å². The third-order valence-electron chi connectivity index (χ3n) is 4.34. The summed E-state index contributed by atoms with van der Waals surface area (Å²) in [5.41, 5.74) is 1.97. The standard InChI is InChI=1S/C19H24N2O6S/c20-28(23,24)17-4-1-14(2-5-17)7-8-21-10-16(22)12-25-11-15-3-6-18-19(9-15)27-13-26-18/h1-6,9,16,21-22H,7-8,10-13H2,(H2,20,23,24)/p+1. The molecule has 0 amide bonds. The van der Waals surface area contributed by atoms with Gasteiger partial charge in [0.2, 0.25) is 16.8 Å². The van der Waals surface area contributed by atoms with Crippen molar-refractivity contribution >= 4 is 10.0 Å². The number of nitrogens with two attached hydrogens (primary N) is 2. The van der Waals surface area contributed by atoms with Gasteiger partial charge in [-0.2, -0.15) is 0 Å². The molecular weight excluding hydrogens is 384 g/mol. The van der Waals surface area contributed by atoms with Gasteiger partial charge in [0.15, 0.2) is 11.5 Å². The fourth-order valence-corrected chi connectivity index (χ4v) is 3.35. The Bertz CT molecular complexity index is 886. The summed E-state index contributed by atoms with van der Waals surface area (Å²) in [7, 11) is -3.66. The van der Waals surface area contributed by atoms with Crippen molar-refractivity contribution in [1.29, 1.82) is 0 Å². The molecule has 28 heavy (non-hydrogen) atoms. The van der Waals surface area contributed by atoms with Crippen LogP contribution in [0.3, 0.4) is 0 Å². The molecule has 9 heteroatoms. The van der Waals surface area contributed by atoms with Crippen molar-refractivity contribution in [2.75, 3.05) is 26.5 Å². The van der Waals surface area contributed by atoms with E-state index in [0.29, 0.717) is 18.9 Å². The summed E-state index contributed by atoms with van der Waals surface area (Å²) >= 11 is 0. The topological polar surface area (TPSA) is 125 Å². The maximum atomic E-state index is 11.2. The average Bonchev–Trinajstić information content (AvgIpc) is 3.13. The van der Waals surface area contributed by atoms with Crippen molar-refractivity contribution in [3.63, 3.8) is 0 Å². The molecule has 8 nitrogen and oxygen atoms in total. The van der Waals surface area contributed by atoms with Gasteiger partial charge < -0.3 is 24.6 Å². The summed E-state index contributed by atoms with van der Waals surface area (Å²) in [4.78, 5) is 0.107. The van der Waals surface area contributed by atoms with Crippen LogP contribution >= 0.6 is 0 Å². The van der Waals surface area contributed by atoms with Crippen LogP contribution in [0.4, 0.5) is 0 Å². The molecule has 5 N–H and O–H groups in total. The molecule has 1 aliphatic rings. The highest BCUT2D eigenvalue weighted by Gasteiger charge is 2.14. The van der Waals surface area contributed by atoms with E-state index in [1.165, 1.54) is 12.1 Å². The lowest BCUT2D eigenvalue weighted by atomic mass is 10.1. The zero-order valence-corrected chi connectivity index (χ0v) is 16.2. The lowest BCUT2D eigenvalue weighted by molar-refractivity contribution is -0.660. The molecule has 0 saturated heterocycles. The number of benzene rings is 2. The van der Waals surface area contributed by atoms with Crippen LogP contribution < -0.4 is 19.9 Å². The number of rotatable bonds is 10. The molecule has 1 unspecified atom stereocenters. The van der Waals surface area contributed by atoms with E-state index in [1.807, 2.05) is 23.5 Å². The van der Waals surface area contributed by atoms with Crippen molar-refractivity contribution in [2.24, 2.45) is 5.14 Å². The number of hydrogen-bond acceptors (Lipinski definition) is 6. The number of fused-ring (bicyclic) bond motifs is 1. The van der Waals surface area contributed by atoms with Gasteiger partial charge in [0.05, 0.1) is 24.7 Å². The van der Waals surface area contributed by atoms with E-state index in [2.05, 4.69) is 0 Å². The van der Waals surface area contributed by atoms with Gasteiger partial charge in [-0.3, -0.25) is 0 Å². The van der Waals surface area contributed by atoms with Crippen molar-refractivity contribution in [3.05, 3.63) is 53.6 Å². The van der Waals surface area contributed by atoms with Crippen LogP contribution in [0.15, 0.2) is 47.4 Å². The highest BCUT2D eigenvalue weighted by atomic mass is 32.2. The SMILES string of the molecule is NS(=O)(=O)c1ccc(CC[NH2+]CC(O)COCc2ccc3c(c2)OCO3)cc1. The van der Waals surface area contributed by atoms with Crippen LogP contribution in [0.1, 0.15) is 11.1 Å². The number of aliphatic hydroxyl groups excluding tert-OH is 1. The van der Waals surface area contributed by atoms with Crippen molar-refractivity contribution in [2.45, 2.75) is 24.0 Å². The predicted molar refractivity (Wildman–Crippen MR) is 101 cm³/mol. The molecular formula is C19H25N2O6S+. The van der Waals surface area contributed by atoms with Crippen LogP contribution in [0, 0.1) is 0 Å². The van der Waals surface area contributed by atoms with Crippen LogP contribution in [0.2, 0.25) is 0 Å². The molecule has 0 spiro atoms. The molecule has 1 atom stereocenters. The highest BCUT2D eigenvalue weighted by Crippen LogP contribution is 2.32. The highest BCUT2D eigenvalue weighted by molar-refractivity contribution is 7.89. The van der Waals surface area contributed by atoms with E-state index in [0.717, 1.165) is 29.8 Å². The first kappa shape index (κ1) is 20.6. The predicted octanol–water partition coefficient (Wildman–Crippen LogP) is -0.254. The lowest BCUT2D eigenvalue weighted by Crippen LogP contribution is -2.87. The number of sulfonamides is 1. The Morgan fingerprint density at radius 2 is 1.82 bits per heavy atom. The average molecular weight is 409 g/mol. The van der Waals surface area contributed by atoms with Gasteiger partial charge in [0, 0.05) is 6.42 Å². The van der Waals surface area contributed by atoms with Crippen molar-refractivity contribution in [1.82, 2.24) is 0 Å². The molecule has 2 aromatic carbocycles. The first-order valence-corrected chi connectivity index (χ1v) is 10.5. The van der Waals surface area contributed by atoms with Crippen molar-refractivity contribution in [3.8, 4) is 11.5 Å². The van der Waals surface area contributed by atoms with E-state index in [1.54, 1.807) is 12.1 Å². The first-order chi connectivity index (χ1) is 13.4. The zero-order valence-electron chi connectivity index (χ0n) is 15.4. The summed E-state index contributed by atoms with van der Waals surface area (Å²) in [6, 6.07) is 12.1. The molecule has 0 aliphatic carbocycles. The molecule has 152 valence electrons. The van der Waals surface area contributed by atoms with Crippen LogP contribution in [-0.4, -0.2) is 46.1 Å². The summed E-state index contributed by atoms with van der Waals surface area (Å²) in [5, 5.41) is 17.1. The molecule has 0 fully saturated rings. The van der Waals surface area contributed by atoms with Gasteiger partial charge in [0.25, 0.3) is 0 Å². The Morgan fingerprint density at radius 1 is 1.11 bits per heavy atom. The Kier molecular flexibility index (Phi) is 6.87. The summed E-state index contributed by atoms with van der Waals surface area (Å²) in [6.45, 7) is 2.17. The summed E-state index contributed by atoms with van der Waals surface area (Å²) in [5.74, 6) is 1.45. The second-order valence-corrected chi connectivity index (χ2v) is 8.17. The molecule has 0 radical (unpaired) electrons. The smallest absolute Gasteiger partial charge is 0.238 e. The minimum absolute atomic E-state index is 0.107. The van der Waals surface area contributed by atoms with Gasteiger partial charge in [-0.15, -0.1) is 0 Å². The van der Waals surface area contributed by atoms with Crippen LogP contribution in [0.25, 0.3) is 0 Å². The monoisotopic (exact) mass is 409 g/mol. The fraction of sp³-hybridized carbons (Fsp3) is 0.368. The van der Waals surface area contributed by atoms with E-state index in [9.17, 15) is 13.5 Å². The quantitative estimate of drug-likeness (QED) is 0.465. The van der Waals surface area contributed by atoms with Gasteiger partial charge in [-0.25, -0.2) is 13.6 Å². The molecule has 3 rings (SSSR count). The second kappa shape index (κ2) is 9.35. The summed E-state index contributed by atoms with van der Waals surface area (Å²) < 4.78 is 38.6. The molecule has 1 aliphatic heterocycles. The Morgan fingerprint density at radius 3 is 2.57 bits per heavy atom. The van der Waals surface area contributed by atoms with Crippen molar-refractivity contribution < 1.29 is 33.1 Å². The Labute approximate surface area is 164 Å². The third kappa shape index (κ3) is 5.91. The Balaban J connectivity index is 1.31. The Hall–Kier alpha value is -2.17. The lowest BCUT2D eigenvalue weighted by Gasteiger charge is -2.11. The summed E-state index contributed by atoms with van der Waals surface area (Å²) in [6.07, 6.45) is 0.189. The number of hydrogen-bond donors (Lipinski definition) is 3. The van der Waals surface area contributed by atoms with Gasteiger partial charge >= 0.3 is 0 Å². The second-order valence-electron chi connectivity index (χ2n) is 6.61. The van der Waals surface area contributed by atoms with E-state index >= 15 is 0 Å². The number of ether oxygens (including phenoxy) is 3. The maximum Gasteiger partial charge on any atom is 0.238 e. The minimum Gasteiger partial charge on any atom is -0.454 e. The maximum absolute atomic E-state index is 11.2. The van der Waals surface area contributed by atoms with Gasteiger partial charge in [0.1, 0.15) is 12.6 Å². The fourth-order valence-electron chi connectivity index (χ4n) is 2.84. The van der Waals surface area contributed by atoms with Crippen LogP contribution in [-0.2, 0) is 27.8 Å². The molecule has 0 saturated carbocycles. The molecule has 0 aromatic heterocycles. The normalized spacial score (nSPS) is 14.2. The molecule has 0 bridgehead atoms. The van der Waals surface area contributed by atoms with Crippen LogP contribution in [0.5, 0.6) is 11.5 Å². The number of quaternary nitrogens is 1. The third-order valence-corrected chi connectivity index (χ3v) is 5.27. The van der Waals surface area contributed by atoms with E-state index in [-0.39, 0.29) is 18.3 Å². The number of aliphatic hydroxyl groups is 1. The zero-order chi connectivity index (χ0) is 20.0. The van der Waals surface area contributed by atoms with Gasteiger partial charge in [-0.1, -0.05) is 18.2 Å². The molecule has 2 aromatic rings. The largest absolute Gasteiger partial charge is 0.454 e. The molecule has 1 heterocycles. The number of primary sulfonamides is 1. The minimum atomic E-state index is -3.66. The van der Waals surface area contributed by atoms with E-state index < -0.39 is 16.1 Å².